The number of benzene rings is 2. The third-order valence-electron chi connectivity index (χ3n) is 7.43. The first-order valence-electron chi connectivity index (χ1n) is 13.1. The molecule has 5 aromatic rings. The summed E-state index contributed by atoms with van der Waals surface area (Å²) in [6.07, 6.45) is 1.63. The number of tetrazole rings is 1. The summed E-state index contributed by atoms with van der Waals surface area (Å²) in [7, 11) is 1.69. The molecule has 1 atom stereocenters. The van der Waals surface area contributed by atoms with Gasteiger partial charge in [0.05, 0.1) is 19.1 Å². The lowest BCUT2D eigenvalue weighted by molar-refractivity contribution is 0.199. The van der Waals surface area contributed by atoms with E-state index in [1.807, 2.05) is 49.4 Å². The van der Waals surface area contributed by atoms with E-state index in [4.69, 9.17) is 9.15 Å². The van der Waals surface area contributed by atoms with Gasteiger partial charge in [0.2, 0.25) is 0 Å². The standard InChI is InChI=1S/C29H31N7O3/c1-19-15-20(2)22-17-23(29(37)30-24(22)16-19)27(28-31-32-33-36(28)18-21-7-6-14-39-21)35-12-10-34(11-13-35)25-8-4-5-9-26(25)38-3/h4-9,14-17,27H,10-13,18H2,1-3H3,(H,30,37)/t27-/m1/s1. The summed E-state index contributed by atoms with van der Waals surface area (Å²) < 4.78 is 12.9. The number of piperazine rings is 1. The van der Waals surface area contributed by atoms with E-state index in [0.29, 0.717) is 31.0 Å². The predicted molar refractivity (Wildman–Crippen MR) is 148 cm³/mol. The van der Waals surface area contributed by atoms with E-state index in [2.05, 4.69) is 49.4 Å². The number of pyridine rings is 1. The van der Waals surface area contributed by atoms with Gasteiger partial charge in [-0.1, -0.05) is 18.2 Å². The summed E-state index contributed by atoms with van der Waals surface area (Å²) in [5.74, 6) is 2.19. The molecule has 6 rings (SSSR count). The van der Waals surface area contributed by atoms with Gasteiger partial charge < -0.3 is 19.0 Å². The normalized spacial score (nSPS) is 15.1. The molecule has 2 aromatic carbocycles. The third-order valence-corrected chi connectivity index (χ3v) is 7.43. The summed E-state index contributed by atoms with van der Waals surface area (Å²) in [5, 5.41) is 13.7. The van der Waals surface area contributed by atoms with Crippen molar-refractivity contribution in [3.63, 3.8) is 0 Å². The van der Waals surface area contributed by atoms with Gasteiger partial charge >= 0.3 is 0 Å². The minimum Gasteiger partial charge on any atom is -0.495 e. The van der Waals surface area contributed by atoms with Crippen LogP contribution in [0.2, 0.25) is 0 Å². The number of anilines is 1. The highest BCUT2D eigenvalue weighted by atomic mass is 16.5. The van der Waals surface area contributed by atoms with Crippen molar-refractivity contribution < 1.29 is 9.15 Å². The Morgan fingerprint density at radius 1 is 1.05 bits per heavy atom. The number of H-pyrrole nitrogens is 1. The lowest BCUT2D eigenvalue weighted by Crippen LogP contribution is -2.49. The van der Waals surface area contributed by atoms with Crippen molar-refractivity contribution in [1.29, 1.82) is 0 Å². The average molecular weight is 526 g/mol. The zero-order valence-electron chi connectivity index (χ0n) is 22.3. The Balaban J connectivity index is 1.40. The highest BCUT2D eigenvalue weighted by molar-refractivity contribution is 5.83. The quantitative estimate of drug-likeness (QED) is 0.343. The maximum atomic E-state index is 13.6. The minimum absolute atomic E-state index is 0.141. The number of fused-ring (bicyclic) bond motifs is 1. The fraction of sp³-hybridized carbons (Fsp3) is 0.310. The second-order valence-electron chi connectivity index (χ2n) is 9.97. The van der Waals surface area contributed by atoms with Crippen molar-refractivity contribution in [2.24, 2.45) is 0 Å². The Kier molecular flexibility index (Phi) is 6.62. The van der Waals surface area contributed by atoms with E-state index in [0.717, 1.165) is 52.3 Å². The van der Waals surface area contributed by atoms with Crippen molar-refractivity contribution in [3.05, 3.63) is 99.5 Å². The average Bonchev–Trinajstić information content (AvgIpc) is 3.62. The zero-order chi connectivity index (χ0) is 26.9. The Hall–Kier alpha value is -4.44. The van der Waals surface area contributed by atoms with Gasteiger partial charge in [-0.3, -0.25) is 9.69 Å². The van der Waals surface area contributed by atoms with Crippen molar-refractivity contribution in [2.45, 2.75) is 26.4 Å². The molecular formula is C29H31N7O3. The first-order valence-corrected chi connectivity index (χ1v) is 13.1. The molecule has 0 saturated carbocycles. The second-order valence-corrected chi connectivity index (χ2v) is 9.97. The van der Waals surface area contributed by atoms with Crippen LogP contribution >= 0.6 is 0 Å². The van der Waals surface area contributed by atoms with Crippen LogP contribution in [0.1, 0.15) is 34.3 Å². The number of ether oxygens (including phenoxy) is 1. The topological polar surface area (TPSA) is 105 Å². The first kappa shape index (κ1) is 24.9. The molecule has 0 radical (unpaired) electrons. The zero-order valence-corrected chi connectivity index (χ0v) is 22.3. The van der Waals surface area contributed by atoms with Gasteiger partial charge in [-0.15, -0.1) is 5.10 Å². The molecule has 200 valence electrons. The number of aromatic nitrogens is 5. The number of rotatable bonds is 7. The van der Waals surface area contributed by atoms with E-state index >= 15 is 0 Å². The smallest absolute Gasteiger partial charge is 0.253 e. The van der Waals surface area contributed by atoms with Crippen LogP contribution in [0.3, 0.4) is 0 Å². The first-order chi connectivity index (χ1) is 19.0. The maximum absolute atomic E-state index is 13.6. The summed E-state index contributed by atoms with van der Waals surface area (Å²) in [4.78, 5) is 21.4. The molecule has 0 aliphatic carbocycles. The van der Waals surface area contributed by atoms with Gasteiger partial charge in [0, 0.05) is 42.6 Å². The fourth-order valence-corrected chi connectivity index (χ4v) is 5.57. The molecule has 1 fully saturated rings. The van der Waals surface area contributed by atoms with Crippen LogP contribution in [0, 0.1) is 13.8 Å². The van der Waals surface area contributed by atoms with Crippen LogP contribution in [0.4, 0.5) is 5.69 Å². The number of furan rings is 1. The van der Waals surface area contributed by atoms with Gasteiger partial charge in [-0.2, -0.15) is 0 Å². The minimum atomic E-state index is -0.441. The van der Waals surface area contributed by atoms with E-state index < -0.39 is 6.04 Å². The number of hydrogen-bond donors (Lipinski definition) is 1. The molecule has 0 spiro atoms. The highest BCUT2D eigenvalue weighted by Gasteiger charge is 2.33. The van der Waals surface area contributed by atoms with Crippen LogP contribution in [0.25, 0.3) is 10.9 Å². The van der Waals surface area contributed by atoms with E-state index in [-0.39, 0.29) is 5.56 Å². The van der Waals surface area contributed by atoms with E-state index in [1.54, 1.807) is 18.1 Å². The molecule has 3 aromatic heterocycles. The van der Waals surface area contributed by atoms with Crippen molar-refractivity contribution in [1.82, 2.24) is 30.1 Å². The summed E-state index contributed by atoms with van der Waals surface area (Å²) >= 11 is 0. The number of aromatic amines is 1. The van der Waals surface area contributed by atoms with Crippen LogP contribution in [0.5, 0.6) is 5.75 Å². The predicted octanol–water partition coefficient (Wildman–Crippen LogP) is 3.69. The number of para-hydroxylation sites is 2. The monoisotopic (exact) mass is 525 g/mol. The Labute approximate surface area is 225 Å². The number of aryl methyl sites for hydroxylation is 2. The number of methoxy groups -OCH3 is 1. The molecule has 0 bridgehead atoms. The molecule has 4 heterocycles. The van der Waals surface area contributed by atoms with Gasteiger partial charge in [0.15, 0.2) is 5.82 Å². The molecule has 0 amide bonds. The fourth-order valence-electron chi connectivity index (χ4n) is 5.57. The van der Waals surface area contributed by atoms with Crippen molar-refractivity contribution in [3.8, 4) is 5.75 Å². The molecule has 10 nitrogen and oxygen atoms in total. The van der Waals surface area contributed by atoms with Gasteiger partial charge in [0.25, 0.3) is 5.56 Å². The number of hydrogen-bond acceptors (Lipinski definition) is 8. The third kappa shape index (κ3) is 4.79. The van der Waals surface area contributed by atoms with E-state index in [9.17, 15) is 4.79 Å². The lowest BCUT2D eigenvalue weighted by Gasteiger charge is -2.40. The van der Waals surface area contributed by atoms with Crippen LogP contribution in [-0.2, 0) is 6.54 Å². The second kappa shape index (κ2) is 10.4. The molecule has 1 aliphatic rings. The van der Waals surface area contributed by atoms with Gasteiger partial charge in [-0.25, -0.2) is 4.68 Å². The molecule has 0 unspecified atom stereocenters. The van der Waals surface area contributed by atoms with E-state index in [1.165, 1.54) is 0 Å². The van der Waals surface area contributed by atoms with Gasteiger partial charge in [0.1, 0.15) is 24.1 Å². The Morgan fingerprint density at radius 2 is 1.87 bits per heavy atom. The lowest BCUT2D eigenvalue weighted by atomic mass is 9.99. The molecular weight excluding hydrogens is 494 g/mol. The van der Waals surface area contributed by atoms with Crippen LogP contribution in [0.15, 0.2) is 70.1 Å². The van der Waals surface area contributed by atoms with Crippen LogP contribution < -0.4 is 15.2 Å². The van der Waals surface area contributed by atoms with Crippen molar-refractivity contribution in [2.75, 3.05) is 38.2 Å². The SMILES string of the molecule is COc1ccccc1N1CCN([C@H](c2cc3c(C)cc(C)cc3[nH]c2=O)c2nnnn2Cc2ccco2)CC1. The summed E-state index contributed by atoms with van der Waals surface area (Å²) in [6, 6.07) is 17.5. The van der Waals surface area contributed by atoms with Gasteiger partial charge in [-0.05, 0) is 71.8 Å². The summed E-state index contributed by atoms with van der Waals surface area (Å²) in [6.45, 7) is 7.42. The Bertz CT molecular complexity index is 1650. The summed E-state index contributed by atoms with van der Waals surface area (Å²) in [5.41, 5.74) is 4.59. The molecule has 1 aliphatic heterocycles. The highest BCUT2D eigenvalue weighted by Crippen LogP contribution is 2.32. The Morgan fingerprint density at radius 3 is 2.64 bits per heavy atom. The molecule has 10 heteroatoms. The maximum Gasteiger partial charge on any atom is 0.253 e. The molecule has 1 N–H and O–H groups in total. The van der Waals surface area contributed by atoms with Crippen LogP contribution in [-0.4, -0.2) is 63.4 Å². The van der Waals surface area contributed by atoms with Crippen molar-refractivity contribution >= 4 is 16.6 Å². The number of nitrogens with zero attached hydrogens (tertiary/aromatic N) is 6. The molecule has 39 heavy (non-hydrogen) atoms. The molecule has 1 saturated heterocycles. The largest absolute Gasteiger partial charge is 0.495 e. The number of nitrogens with one attached hydrogen (secondary N) is 1.